The Kier molecular flexibility index (Phi) is 6.16. The molecule has 28 heavy (non-hydrogen) atoms. The number of nitrogens with zero attached hydrogens (tertiary/aromatic N) is 2. The van der Waals surface area contributed by atoms with E-state index in [4.69, 9.17) is 0 Å². The van der Waals surface area contributed by atoms with Crippen molar-refractivity contribution in [2.24, 2.45) is 0 Å². The zero-order chi connectivity index (χ0) is 20.1. The van der Waals surface area contributed by atoms with Crippen molar-refractivity contribution in [1.82, 2.24) is 4.90 Å². The van der Waals surface area contributed by atoms with Gasteiger partial charge in [-0.05, 0) is 47.7 Å². The van der Waals surface area contributed by atoms with Gasteiger partial charge in [0.25, 0.3) is 11.1 Å². The highest BCUT2D eigenvalue weighted by Crippen LogP contribution is 2.32. The van der Waals surface area contributed by atoms with Crippen LogP contribution >= 0.6 is 11.8 Å². The molecule has 0 saturated carbocycles. The molecular weight excluding hydrogens is 374 g/mol. The average Bonchev–Trinajstić information content (AvgIpc) is 2.94. The third kappa shape index (κ3) is 4.80. The van der Waals surface area contributed by atoms with Crippen molar-refractivity contribution in [3.63, 3.8) is 0 Å². The molecule has 1 aliphatic rings. The first-order valence-corrected chi connectivity index (χ1v) is 9.63. The molecule has 1 saturated heterocycles. The molecule has 2 aromatic rings. The molecule has 1 fully saturated rings. The molecule has 6 nitrogen and oxygen atoms in total. The highest BCUT2D eigenvalue weighted by Gasteiger charge is 2.35. The normalized spacial score (nSPS) is 15.2. The molecule has 0 radical (unpaired) electrons. The number of anilines is 2. The van der Waals surface area contributed by atoms with E-state index in [1.807, 2.05) is 61.5 Å². The highest BCUT2D eigenvalue weighted by atomic mass is 32.2. The molecular formula is C21H21N3O3S. The second-order valence-corrected chi connectivity index (χ2v) is 7.48. The van der Waals surface area contributed by atoms with E-state index in [1.54, 1.807) is 18.2 Å². The van der Waals surface area contributed by atoms with E-state index < -0.39 is 0 Å². The van der Waals surface area contributed by atoms with E-state index in [2.05, 4.69) is 5.32 Å². The number of carbonyl (C=O) groups is 3. The summed E-state index contributed by atoms with van der Waals surface area (Å²) in [6.07, 6.45) is 1.76. The van der Waals surface area contributed by atoms with Gasteiger partial charge in [-0.25, -0.2) is 0 Å². The molecule has 7 heteroatoms. The summed E-state index contributed by atoms with van der Waals surface area (Å²) in [5, 5.41) is 2.39. The minimum Gasteiger partial charge on any atom is -0.378 e. The number of hydrogen-bond acceptors (Lipinski definition) is 5. The fraction of sp³-hybridized carbons (Fsp3) is 0.190. The number of amides is 3. The van der Waals surface area contributed by atoms with Gasteiger partial charge in [0.15, 0.2) is 0 Å². The van der Waals surface area contributed by atoms with Gasteiger partial charge < -0.3 is 10.2 Å². The summed E-state index contributed by atoms with van der Waals surface area (Å²) in [5.41, 5.74) is 2.58. The van der Waals surface area contributed by atoms with Crippen LogP contribution in [0.5, 0.6) is 0 Å². The lowest BCUT2D eigenvalue weighted by Crippen LogP contribution is -2.31. The van der Waals surface area contributed by atoms with E-state index in [0.29, 0.717) is 10.6 Å². The molecule has 1 aliphatic heterocycles. The monoisotopic (exact) mass is 395 g/mol. The topological polar surface area (TPSA) is 69.7 Å². The summed E-state index contributed by atoms with van der Waals surface area (Å²) < 4.78 is 0. The summed E-state index contributed by atoms with van der Waals surface area (Å²) >= 11 is 0.899. The lowest BCUT2D eigenvalue weighted by Gasteiger charge is -2.12. The predicted molar refractivity (Wildman–Crippen MR) is 113 cm³/mol. The Morgan fingerprint density at radius 1 is 1.07 bits per heavy atom. The third-order valence-corrected chi connectivity index (χ3v) is 5.11. The second kappa shape index (κ2) is 8.75. The molecule has 144 valence electrons. The standard InChI is InChI=1S/C21H21N3O3S/c1-23(2)17-10-8-15(9-11-17)14-18-20(26)24(21(27)28-18)13-12-19(25)22-16-6-4-3-5-7-16/h3-11,14H,12-13H2,1-2H3,(H,22,25)/b18-14-. The molecule has 1 N–H and O–H groups in total. The van der Waals surface area contributed by atoms with E-state index in [0.717, 1.165) is 27.9 Å². The SMILES string of the molecule is CN(C)c1ccc(/C=C2\SC(=O)N(CCC(=O)Nc3ccccc3)C2=O)cc1. The summed E-state index contributed by atoms with van der Waals surface area (Å²) in [6, 6.07) is 16.8. The molecule has 1 heterocycles. The maximum atomic E-state index is 12.5. The van der Waals surface area contributed by atoms with Gasteiger partial charge in [0, 0.05) is 38.4 Å². The Labute approximate surface area is 168 Å². The van der Waals surface area contributed by atoms with Gasteiger partial charge in [0.1, 0.15) is 0 Å². The van der Waals surface area contributed by atoms with Crippen molar-refractivity contribution in [2.45, 2.75) is 6.42 Å². The minimum atomic E-state index is -0.362. The van der Waals surface area contributed by atoms with Crippen LogP contribution in [0.3, 0.4) is 0 Å². The van der Waals surface area contributed by atoms with Crippen LogP contribution in [-0.2, 0) is 9.59 Å². The van der Waals surface area contributed by atoms with Crippen LogP contribution in [0.25, 0.3) is 6.08 Å². The molecule has 0 spiro atoms. The average molecular weight is 395 g/mol. The Balaban J connectivity index is 1.60. The first kappa shape index (κ1) is 19.7. The van der Waals surface area contributed by atoms with Crippen LogP contribution in [0.4, 0.5) is 16.2 Å². The van der Waals surface area contributed by atoms with Crippen molar-refractivity contribution < 1.29 is 14.4 Å². The largest absolute Gasteiger partial charge is 0.378 e. The van der Waals surface area contributed by atoms with Gasteiger partial charge in [-0.1, -0.05) is 30.3 Å². The Morgan fingerprint density at radius 3 is 2.39 bits per heavy atom. The van der Waals surface area contributed by atoms with Gasteiger partial charge in [0.05, 0.1) is 4.91 Å². The molecule has 2 aromatic carbocycles. The minimum absolute atomic E-state index is 0.0533. The quantitative estimate of drug-likeness (QED) is 0.753. The zero-order valence-corrected chi connectivity index (χ0v) is 16.5. The summed E-state index contributed by atoms with van der Waals surface area (Å²) in [7, 11) is 3.91. The fourth-order valence-electron chi connectivity index (χ4n) is 2.67. The van der Waals surface area contributed by atoms with Crippen molar-refractivity contribution >= 4 is 46.3 Å². The number of imide groups is 1. The Morgan fingerprint density at radius 2 is 1.75 bits per heavy atom. The number of benzene rings is 2. The van der Waals surface area contributed by atoms with Crippen LogP contribution < -0.4 is 10.2 Å². The van der Waals surface area contributed by atoms with Gasteiger partial charge in [-0.3, -0.25) is 19.3 Å². The van der Waals surface area contributed by atoms with Crippen LogP contribution in [0.1, 0.15) is 12.0 Å². The van der Waals surface area contributed by atoms with E-state index >= 15 is 0 Å². The number of rotatable bonds is 6. The van der Waals surface area contributed by atoms with Gasteiger partial charge in [-0.2, -0.15) is 0 Å². The molecule has 0 atom stereocenters. The second-order valence-electron chi connectivity index (χ2n) is 6.48. The first-order valence-electron chi connectivity index (χ1n) is 8.82. The zero-order valence-electron chi connectivity index (χ0n) is 15.7. The predicted octanol–water partition coefficient (Wildman–Crippen LogP) is 3.82. The smallest absolute Gasteiger partial charge is 0.293 e. The number of carbonyl (C=O) groups excluding carboxylic acids is 3. The molecule has 0 bridgehead atoms. The van der Waals surface area contributed by atoms with E-state index in [-0.39, 0.29) is 30.0 Å². The summed E-state index contributed by atoms with van der Waals surface area (Å²) in [5.74, 6) is -0.604. The first-order chi connectivity index (χ1) is 13.4. The number of nitrogens with one attached hydrogen (secondary N) is 1. The van der Waals surface area contributed by atoms with Gasteiger partial charge >= 0.3 is 0 Å². The molecule has 3 rings (SSSR count). The van der Waals surface area contributed by atoms with E-state index in [9.17, 15) is 14.4 Å². The van der Waals surface area contributed by atoms with Crippen LogP contribution in [0, 0.1) is 0 Å². The fourth-order valence-corrected chi connectivity index (χ4v) is 3.54. The molecule has 0 aliphatic carbocycles. The Hall–Kier alpha value is -3.06. The lowest BCUT2D eigenvalue weighted by molar-refractivity contribution is -0.123. The van der Waals surface area contributed by atoms with E-state index in [1.165, 1.54) is 0 Å². The lowest BCUT2D eigenvalue weighted by atomic mass is 10.2. The molecule has 0 aromatic heterocycles. The summed E-state index contributed by atoms with van der Waals surface area (Å²) in [4.78, 5) is 40.3. The maximum Gasteiger partial charge on any atom is 0.293 e. The molecule has 3 amide bonds. The number of thioether (sulfide) groups is 1. The molecule has 0 unspecified atom stereocenters. The van der Waals surface area contributed by atoms with Crippen LogP contribution in [0.15, 0.2) is 59.5 Å². The number of hydrogen-bond donors (Lipinski definition) is 1. The maximum absolute atomic E-state index is 12.5. The van der Waals surface area contributed by atoms with Crippen molar-refractivity contribution in [1.29, 1.82) is 0 Å². The highest BCUT2D eigenvalue weighted by molar-refractivity contribution is 8.18. The Bertz CT molecular complexity index is 908. The van der Waals surface area contributed by atoms with Crippen molar-refractivity contribution in [3.8, 4) is 0 Å². The van der Waals surface area contributed by atoms with Crippen molar-refractivity contribution in [2.75, 3.05) is 30.9 Å². The van der Waals surface area contributed by atoms with Crippen LogP contribution in [-0.4, -0.2) is 42.6 Å². The van der Waals surface area contributed by atoms with Crippen LogP contribution in [0.2, 0.25) is 0 Å². The number of para-hydroxylation sites is 1. The van der Waals surface area contributed by atoms with Gasteiger partial charge in [-0.15, -0.1) is 0 Å². The third-order valence-electron chi connectivity index (χ3n) is 4.20. The summed E-state index contributed by atoms with van der Waals surface area (Å²) in [6.45, 7) is 0.0558. The van der Waals surface area contributed by atoms with Crippen molar-refractivity contribution in [3.05, 3.63) is 65.1 Å². The van der Waals surface area contributed by atoms with Gasteiger partial charge in [0.2, 0.25) is 5.91 Å².